The van der Waals surface area contributed by atoms with Crippen molar-refractivity contribution in [2.75, 3.05) is 11.9 Å². The number of hydrogen-bond acceptors (Lipinski definition) is 3. The van der Waals surface area contributed by atoms with Crippen molar-refractivity contribution in [3.8, 4) is 0 Å². The average Bonchev–Trinajstić information content (AvgIpc) is 2.26. The second kappa shape index (κ2) is 6.40. The van der Waals surface area contributed by atoms with Crippen LogP contribution in [-0.2, 0) is 13.0 Å². The van der Waals surface area contributed by atoms with Gasteiger partial charge in [-0.25, -0.2) is 4.98 Å². The molecule has 0 saturated heterocycles. The summed E-state index contributed by atoms with van der Waals surface area (Å²) in [5.41, 5.74) is 2.00. The van der Waals surface area contributed by atoms with E-state index >= 15 is 0 Å². The zero-order valence-electron chi connectivity index (χ0n) is 9.58. The minimum absolute atomic E-state index is 0.0834. The van der Waals surface area contributed by atoms with Crippen LogP contribution in [0.25, 0.3) is 0 Å². The average molecular weight is 208 g/mol. The molecule has 1 aromatic rings. The predicted molar refractivity (Wildman–Crippen MR) is 62.9 cm³/mol. The Morgan fingerprint density at radius 1 is 1.27 bits per heavy atom. The molecule has 1 aromatic heterocycles. The normalized spacial score (nSPS) is 10.3. The molecule has 0 fully saturated rings. The Morgan fingerprint density at radius 3 is 2.67 bits per heavy atom. The van der Waals surface area contributed by atoms with Crippen molar-refractivity contribution in [1.29, 1.82) is 0 Å². The Hall–Kier alpha value is -1.09. The van der Waals surface area contributed by atoms with E-state index in [1.165, 1.54) is 0 Å². The largest absolute Gasteiger partial charge is 0.392 e. The van der Waals surface area contributed by atoms with Gasteiger partial charge < -0.3 is 10.4 Å². The van der Waals surface area contributed by atoms with Crippen LogP contribution in [-0.4, -0.2) is 16.6 Å². The molecule has 0 atom stereocenters. The fraction of sp³-hybridized carbons (Fsp3) is 0.583. The Labute approximate surface area is 91.5 Å². The van der Waals surface area contributed by atoms with Gasteiger partial charge in [0.05, 0.1) is 6.61 Å². The van der Waals surface area contributed by atoms with Gasteiger partial charge in [0.2, 0.25) is 0 Å². The van der Waals surface area contributed by atoms with E-state index < -0.39 is 0 Å². The summed E-state index contributed by atoms with van der Waals surface area (Å²) in [6, 6.07) is 3.88. The molecular formula is C12H20N2O. The number of rotatable bonds is 6. The van der Waals surface area contributed by atoms with Crippen LogP contribution in [0.5, 0.6) is 0 Å². The van der Waals surface area contributed by atoms with E-state index in [1.807, 2.05) is 12.1 Å². The smallest absolute Gasteiger partial charge is 0.126 e. The highest BCUT2D eigenvalue weighted by atomic mass is 16.3. The van der Waals surface area contributed by atoms with Crippen molar-refractivity contribution in [2.45, 2.75) is 39.7 Å². The molecule has 3 nitrogen and oxygen atoms in total. The molecule has 0 spiro atoms. The van der Waals surface area contributed by atoms with Gasteiger partial charge in [0, 0.05) is 12.2 Å². The highest BCUT2D eigenvalue weighted by molar-refractivity contribution is 5.39. The number of aryl methyl sites for hydroxylation is 1. The first kappa shape index (κ1) is 12.0. The van der Waals surface area contributed by atoms with E-state index in [2.05, 4.69) is 24.1 Å². The van der Waals surface area contributed by atoms with Crippen molar-refractivity contribution in [2.24, 2.45) is 0 Å². The number of nitrogens with one attached hydrogen (secondary N) is 1. The first-order valence-corrected chi connectivity index (χ1v) is 5.64. The van der Waals surface area contributed by atoms with E-state index in [0.29, 0.717) is 0 Å². The Bertz CT molecular complexity index is 300. The molecule has 15 heavy (non-hydrogen) atoms. The summed E-state index contributed by atoms with van der Waals surface area (Å²) in [7, 11) is 0. The van der Waals surface area contributed by atoms with E-state index in [0.717, 1.165) is 42.9 Å². The first-order valence-electron chi connectivity index (χ1n) is 5.64. The van der Waals surface area contributed by atoms with Gasteiger partial charge >= 0.3 is 0 Å². The lowest BCUT2D eigenvalue weighted by Crippen LogP contribution is -2.04. The summed E-state index contributed by atoms with van der Waals surface area (Å²) in [5, 5.41) is 12.4. The SMILES string of the molecule is CCCNc1cc(CO)cc(CCC)n1. The topological polar surface area (TPSA) is 45.1 Å². The lowest BCUT2D eigenvalue weighted by Gasteiger charge is -2.08. The van der Waals surface area contributed by atoms with Crippen molar-refractivity contribution < 1.29 is 5.11 Å². The fourth-order valence-electron chi connectivity index (χ4n) is 1.47. The summed E-state index contributed by atoms with van der Waals surface area (Å²) in [5.74, 6) is 0.881. The fourth-order valence-corrected chi connectivity index (χ4v) is 1.47. The highest BCUT2D eigenvalue weighted by Crippen LogP contribution is 2.12. The summed E-state index contributed by atoms with van der Waals surface area (Å²) in [6.45, 7) is 5.26. The molecule has 0 aromatic carbocycles. The number of anilines is 1. The molecule has 0 aliphatic heterocycles. The molecule has 0 aliphatic rings. The zero-order valence-corrected chi connectivity index (χ0v) is 9.58. The molecule has 2 N–H and O–H groups in total. The quantitative estimate of drug-likeness (QED) is 0.754. The van der Waals surface area contributed by atoms with Gasteiger partial charge in [-0.2, -0.15) is 0 Å². The summed E-state index contributed by atoms with van der Waals surface area (Å²) >= 11 is 0. The molecule has 0 saturated carbocycles. The minimum atomic E-state index is 0.0834. The molecule has 0 unspecified atom stereocenters. The van der Waals surface area contributed by atoms with Crippen molar-refractivity contribution in [3.05, 3.63) is 23.4 Å². The molecule has 0 bridgehead atoms. The summed E-state index contributed by atoms with van der Waals surface area (Å²) in [4.78, 5) is 4.49. The van der Waals surface area contributed by atoms with E-state index in [9.17, 15) is 0 Å². The van der Waals surface area contributed by atoms with Crippen molar-refractivity contribution in [1.82, 2.24) is 4.98 Å². The van der Waals surface area contributed by atoms with Gasteiger partial charge in [-0.05, 0) is 30.5 Å². The number of aliphatic hydroxyl groups excluding tert-OH is 1. The summed E-state index contributed by atoms with van der Waals surface area (Å²) < 4.78 is 0. The van der Waals surface area contributed by atoms with Crippen LogP contribution in [0.2, 0.25) is 0 Å². The first-order chi connectivity index (χ1) is 7.30. The standard InChI is InChI=1S/C12H20N2O/c1-3-5-11-7-10(9-15)8-12(14-11)13-6-4-2/h7-8,15H,3-6,9H2,1-2H3,(H,13,14). The highest BCUT2D eigenvalue weighted by Gasteiger charge is 2.01. The van der Waals surface area contributed by atoms with E-state index in [1.54, 1.807) is 0 Å². The maximum atomic E-state index is 9.12. The molecule has 0 radical (unpaired) electrons. The van der Waals surface area contributed by atoms with Crippen LogP contribution in [0.3, 0.4) is 0 Å². The van der Waals surface area contributed by atoms with Crippen LogP contribution in [0.4, 0.5) is 5.82 Å². The van der Waals surface area contributed by atoms with Gasteiger partial charge in [0.25, 0.3) is 0 Å². The van der Waals surface area contributed by atoms with Crippen molar-refractivity contribution >= 4 is 5.82 Å². The van der Waals surface area contributed by atoms with Gasteiger partial charge in [0.15, 0.2) is 0 Å². The molecule has 1 heterocycles. The van der Waals surface area contributed by atoms with Gasteiger partial charge in [-0.1, -0.05) is 20.3 Å². The van der Waals surface area contributed by atoms with Gasteiger partial charge in [-0.3, -0.25) is 0 Å². The zero-order chi connectivity index (χ0) is 11.1. The Balaban J connectivity index is 2.79. The monoisotopic (exact) mass is 208 g/mol. The number of nitrogens with zero attached hydrogens (tertiary/aromatic N) is 1. The minimum Gasteiger partial charge on any atom is -0.392 e. The van der Waals surface area contributed by atoms with Gasteiger partial charge in [0.1, 0.15) is 5.82 Å². The van der Waals surface area contributed by atoms with Crippen LogP contribution < -0.4 is 5.32 Å². The third-order valence-electron chi connectivity index (χ3n) is 2.18. The van der Waals surface area contributed by atoms with Crippen LogP contribution in [0.1, 0.15) is 37.9 Å². The Kier molecular flexibility index (Phi) is 5.12. The summed E-state index contributed by atoms with van der Waals surface area (Å²) in [6.07, 6.45) is 3.12. The third-order valence-corrected chi connectivity index (χ3v) is 2.18. The molecule has 0 amide bonds. The molecular weight excluding hydrogens is 188 g/mol. The lowest BCUT2D eigenvalue weighted by atomic mass is 10.1. The lowest BCUT2D eigenvalue weighted by molar-refractivity contribution is 0.281. The molecule has 3 heteroatoms. The molecule has 1 rings (SSSR count). The predicted octanol–water partition coefficient (Wildman–Crippen LogP) is 2.35. The number of hydrogen-bond donors (Lipinski definition) is 2. The van der Waals surface area contributed by atoms with Gasteiger partial charge in [-0.15, -0.1) is 0 Å². The van der Waals surface area contributed by atoms with E-state index in [4.69, 9.17) is 5.11 Å². The second-order valence-electron chi connectivity index (χ2n) is 3.69. The maximum absolute atomic E-state index is 9.12. The molecule has 84 valence electrons. The number of aliphatic hydroxyl groups is 1. The van der Waals surface area contributed by atoms with E-state index in [-0.39, 0.29) is 6.61 Å². The maximum Gasteiger partial charge on any atom is 0.126 e. The Morgan fingerprint density at radius 2 is 2.07 bits per heavy atom. The van der Waals surface area contributed by atoms with Crippen LogP contribution >= 0.6 is 0 Å². The second-order valence-corrected chi connectivity index (χ2v) is 3.69. The number of aromatic nitrogens is 1. The van der Waals surface area contributed by atoms with Crippen LogP contribution in [0.15, 0.2) is 12.1 Å². The van der Waals surface area contributed by atoms with Crippen LogP contribution in [0, 0.1) is 0 Å². The van der Waals surface area contributed by atoms with Crippen molar-refractivity contribution in [3.63, 3.8) is 0 Å². The number of pyridine rings is 1. The third kappa shape index (κ3) is 3.88. The molecule has 0 aliphatic carbocycles.